The molecule has 1 aliphatic rings. The highest BCUT2D eigenvalue weighted by molar-refractivity contribution is 5.48. The Morgan fingerprint density at radius 2 is 2.11 bits per heavy atom. The van der Waals surface area contributed by atoms with E-state index in [1.807, 2.05) is 6.20 Å². The highest BCUT2D eigenvalue weighted by Crippen LogP contribution is 2.31. The second-order valence-electron chi connectivity index (χ2n) is 5.09. The van der Waals surface area contributed by atoms with Gasteiger partial charge in [-0.15, -0.1) is 0 Å². The maximum Gasteiger partial charge on any atom is 0.129 e. The number of benzene rings is 1. The number of nitrogens with zero attached hydrogens (tertiary/aromatic N) is 2. The van der Waals surface area contributed by atoms with Gasteiger partial charge in [-0.3, -0.25) is 0 Å². The van der Waals surface area contributed by atoms with Gasteiger partial charge < -0.3 is 10.6 Å². The Morgan fingerprint density at radius 1 is 1.26 bits per heavy atom. The molecule has 3 rings (SSSR count). The van der Waals surface area contributed by atoms with E-state index in [1.165, 1.54) is 16.7 Å². The largest absolute Gasteiger partial charge is 0.348 e. The molecule has 0 aliphatic carbocycles. The number of aromatic nitrogens is 1. The van der Waals surface area contributed by atoms with Crippen molar-refractivity contribution < 1.29 is 0 Å². The SMILES string of the molecule is Cc1ccc(N2CCc3ccccc3C2CN)nc1. The first-order valence-corrected chi connectivity index (χ1v) is 6.77. The summed E-state index contributed by atoms with van der Waals surface area (Å²) in [5, 5.41) is 0. The molecule has 3 heteroatoms. The number of aryl methyl sites for hydroxylation is 1. The third-order valence-corrected chi connectivity index (χ3v) is 3.83. The minimum atomic E-state index is 0.236. The van der Waals surface area contributed by atoms with Gasteiger partial charge in [-0.25, -0.2) is 4.98 Å². The molecular weight excluding hydrogens is 234 g/mol. The van der Waals surface area contributed by atoms with Crippen molar-refractivity contribution in [2.75, 3.05) is 18.0 Å². The van der Waals surface area contributed by atoms with Crippen LogP contribution in [0.5, 0.6) is 0 Å². The molecule has 0 radical (unpaired) electrons. The Balaban J connectivity index is 1.98. The van der Waals surface area contributed by atoms with Crippen molar-refractivity contribution >= 4 is 5.82 Å². The maximum absolute atomic E-state index is 6.01. The number of hydrogen-bond donors (Lipinski definition) is 1. The Bertz CT molecular complexity index is 562. The van der Waals surface area contributed by atoms with Gasteiger partial charge in [-0.05, 0) is 36.1 Å². The van der Waals surface area contributed by atoms with Crippen LogP contribution in [0, 0.1) is 6.92 Å². The number of rotatable bonds is 2. The Kier molecular flexibility index (Phi) is 3.22. The van der Waals surface area contributed by atoms with Crippen molar-refractivity contribution in [3.63, 3.8) is 0 Å². The standard InChI is InChI=1S/C16H19N3/c1-12-6-7-16(18-11-12)19-9-8-13-4-2-3-5-14(13)15(19)10-17/h2-7,11,15H,8-10,17H2,1H3. The lowest BCUT2D eigenvalue weighted by atomic mass is 9.92. The van der Waals surface area contributed by atoms with Crippen molar-refractivity contribution in [3.05, 3.63) is 59.3 Å². The first kappa shape index (κ1) is 12.2. The molecule has 1 unspecified atom stereocenters. The van der Waals surface area contributed by atoms with E-state index in [9.17, 15) is 0 Å². The van der Waals surface area contributed by atoms with Gasteiger partial charge in [-0.1, -0.05) is 30.3 Å². The normalized spacial score (nSPS) is 18.2. The quantitative estimate of drug-likeness (QED) is 0.894. The van der Waals surface area contributed by atoms with Crippen molar-refractivity contribution in [1.82, 2.24) is 4.98 Å². The third kappa shape index (κ3) is 2.22. The summed E-state index contributed by atoms with van der Waals surface area (Å²) < 4.78 is 0. The summed E-state index contributed by atoms with van der Waals surface area (Å²) in [6, 6.07) is 13.0. The lowest BCUT2D eigenvalue weighted by Crippen LogP contribution is -2.39. The Labute approximate surface area is 114 Å². The molecule has 19 heavy (non-hydrogen) atoms. The van der Waals surface area contributed by atoms with Crippen LogP contribution in [0.25, 0.3) is 0 Å². The summed E-state index contributed by atoms with van der Waals surface area (Å²) in [6.07, 6.45) is 2.98. The van der Waals surface area contributed by atoms with E-state index >= 15 is 0 Å². The van der Waals surface area contributed by atoms with Crippen LogP contribution < -0.4 is 10.6 Å². The van der Waals surface area contributed by atoms with Gasteiger partial charge in [0.25, 0.3) is 0 Å². The van der Waals surface area contributed by atoms with Crippen LogP contribution in [-0.4, -0.2) is 18.1 Å². The Morgan fingerprint density at radius 3 is 2.84 bits per heavy atom. The maximum atomic E-state index is 6.01. The summed E-state index contributed by atoms with van der Waals surface area (Å²) >= 11 is 0. The van der Waals surface area contributed by atoms with Gasteiger partial charge in [0, 0.05) is 19.3 Å². The molecule has 0 saturated carbocycles. The zero-order chi connectivity index (χ0) is 13.2. The van der Waals surface area contributed by atoms with Gasteiger partial charge in [-0.2, -0.15) is 0 Å². The second-order valence-corrected chi connectivity index (χ2v) is 5.09. The molecular formula is C16H19N3. The monoisotopic (exact) mass is 253 g/mol. The molecule has 2 heterocycles. The van der Waals surface area contributed by atoms with Crippen molar-refractivity contribution in [2.45, 2.75) is 19.4 Å². The molecule has 1 aromatic carbocycles. The van der Waals surface area contributed by atoms with E-state index in [0.717, 1.165) is 18.8 Å². The zero-order valence-electron chi connectivity index (χ0n) is 11.2. The minimum Gasteiger partial charge on any atom is -0.348 e. The molecule has 3 nitrogen and oxygen atoms in total. The van der Waals surface area contributed by atoms with Gasteiger partial charge in [0.1, 0.15) is 5.82 Å². The predicted molar refractivity (Wildman–Crippen MR) is 78.3 cm³/mol. The lowest BCUT2D eigenvalue weighted by Gasteiger charge is -2.37. The molecule has 1 aromatic heterocycles. The molecule has 0 fully saturated rings. The van der Waals surface area contributed by atoms with E-state index in [2.05, 4.69) is 53.2 Å². The van der Waals surface area contributed by atoms with Crippen molar-refractivity contribution in [2.24, 2.45) is 5.73 Å². The van der Waals surface area contributed by atoms with E-state index in [-0.39, 0.29) is 6.04 Å². The molecule has 2 aromatic rings. The fraction of sp³-hybridized carbons (Fsp3) is 0.312. The summed E-state index contributed by atoms with van der Waals surface area (Å²) in [7, 11) is 0. The zero-order valence-corrected chi connectivity index (χ0v) is 11.2. The van der Waals surface area contributed by atoms with Crippen LogP contribution in [0.3, 0.4) is 0 Å². The van der Waals surface area contributed by atoms with E-state index in [4.69, 9.17) is 5.73 Å². The van der Waals surface area contributed by atoms with Crippen LogP contribution in [-0.2, 0) is 6.42 Å². The molecule has 0 spiro atoms. The summed E-state index contributed by atoms with van der Waals surface area (Å²) in [6.45, 7) is 3.66. The molecule has 0 saturated heterocycles. The highest BCUT2D eigenvalue weighted by Gasteiger charge is 2.26. The molecule has 0 bridgehead atoms. The summed E-state index contributed by atoms with van der Waals surface area (Å²) in [5.74, 6) is 1.02. The van der Waals surface area contributed by atoms with Gasteiger partial charge in [0.2, 0.25) is 0 Å². The first-order valence-electron chi connectivity index (χ1n) is 6.77. The van der Waals surface area contributed by atoms with Gasteiger partial charge >= 0.3 is 0 Å². The van der Waals surface area contributed by atoms with Crippen molar-refractivity contribution in [3.8, 4) is 0 Å². The van der Waals surface area contributed by atoms with Crippen LogP contribution in [0.2, 0.25) is 0 Å². The fourth-order valence-electron chi connectivity index (χ4n) is 2.81. The highest BCUT2D eigenvalue weighted by atomic mass is 15.2. The van der Waals surface area contributed by atoms with Gasteiger partial charge in [0.15, 0.2) is 0 Å². The molecule has 0 amide bonds. The van der Waals surface area contributed by atoms with Crippen LogP contribution in [0.1, 0.15) is 22.7 Å². The molecule has 98 valence electrons. The molecule has 1 aliphatic heterocycles. The number of anilines is 1. The fourth-order valence-corrected chi connectivity index (χ4v) is 2.81. The second kappa shape index (κ2) is 5.02. The van der Waals surface area contributed by atoms with Gasteiger partial charge in [0.05, 0.1) is 6.04 Å². The van der Waals surface area contributed by atoms with E-state index in [0.29, 0.717) is 6.54 Å². The molecule has 2 N–H and O–H groups in total. The number of nitrogens with two attached hydrogens (primary N) is 1. The lowest BCUT2D eigenvalue weighted by molar-refractivity contribution is 0.584. The minimum absolute atomic E-state index is 0.236. The van der Waals surface area contributed by atoms with E-state index in [1.54, 1.807) is 0 Å². The third-order valence-electron chi connectivity index (χ3n) is 3.83. The van der Waals surface area contributed by atoms with Crippen LogP contribution in [0.15, 0.2) is 42.6 Å². The average molecular weight is 253 g/mol. The number of hydrogen-bond acceptors (Lipinski definition) is 3. The predicted octanol–water partition coefficient (Wildman–Crippen LogP) is 2.45. The van der Waals surface area contributed by atoms with Crippen LogP contribution >= 0.6 is 0 Å². The number of fused-ring (bicyclic) bond motifs is 1. The van der Waals surface area contributed by atoms with E-state index < -0.39 is 0 Å². The number of pyridine rings is 1. The van der Waals surface area contributed by atoms with Crippen LogP contribution in [0.4, 0.5) is 5.82 Å². The first-order chi connectivity index (χ1) is 9.29. The van der Waals surface area contributed by atoms with Crippen molar-refractivity contribution in [1.29, 1.82) is 0 Å². The summed E-state index contributed by atoms with van der Waals surface area (Å²) in [5.41, 5.74) is 9.96. The summed E-state index contributed by atoms with van der Waals surface area (Å²) in [4.78, 5) is 6.86. The smallest absolute Gasteiger partial charge is 0.129 e. The average Bonchev–Trinajstić information content (AvgIpc) is 2.47. The topological polar surface area (TPSA) is 42.1 Å². The molecule has 1 atom stereocenters. The Hall–Kier alpha value is -1.87.